The van der Waals surface area contributed by atoms with Gasteiger partial charge >= 0.3 is 5.97 Å². The molecule has 0 radical (unpaired) electrons. The molecule has 0 saturated heterocycles. The van der Waals surface area contributed by atoms with E-state index in [-0.39, 0.29) is 5.57 Å². The van der Waals surface area contributed by atoms with Crippen LogP contribution in [-0.4, -0.2) is 30.1 Å². The predicted molar refractivity (Wildman–Crippen MR) is 82.8 cm³/mol. The average Bonchev–Trinajstić information content (AvgIpc) is 2.77. The fraction of sp³-hybridized carbons (Fsp3) is 0.438. The lowest BCUT2D eigenvalue weighted by Gasteiger charge is -2.07. The summed E-state index contributed by atoms with van der Waals surface area (Å²) in [7, 11) is 1.44. The molecule has 1 aromatic rings. The van der Waals surface area contributed by atoms with Gasteiger partial charge in [0, 0.05) is 25.0 Å². The molecular weight excluding hydrogens is 282 g/mol. The molecule has 0 aromatic carbocycles. The highest BCUT2D eigenvalue weighted by Gasteiger charge is 2.14. The van der Waals surface area contributed by atoms with Crippen LogP contribution in [0, 0.1) is 25.2 Å². The lowest BCUT2D eigenvalue weighted by molar-refractivity contribution is -0.144. The SMILES string of the molecule is CCCn1c(C)cc(/C=C(\C#N)C(=O)OCC(=O)NC)c1C. The smallest absolute Gasteiger partial charge is 0.349 e. The summed E-state index contributed by atoms with van der Waals surface area (Å²) in [6.07, 6.45) is 2.50. The number of rotatable bonds is 6. The fourth-order valence-corrected chi connectivity index (χ4v) is 2.11. The zero-order chi connectivity index (χ0) is 16.7. The van der Waals surface area contributed by atoms with E-state index in [1.165, 1.54) is 13.1 Å². The van der Waals surface area contributed by atoms with Crippen molar-refractivity contribution in [3.63, 3.8) is 0 Å². The number of likely N-dealkylation sites (N-methyl/N-ethyl adjacent to an activating group) is 1. The molecule has 0 aliphatic heterocycles. The number of carbonyl (C=O) groups excluding carboxylic acids is 2. The monoisotopic (exact) mass is 303 g/mol. The van der Waals surface area contributed by atoms with Crippen molar-refractivity contribution >= 4 is 18.0 Å². The molecule has 1 aromatic heterocycles. The van der Waals surface area contributed by atoms with Gasteiger partial charge in [0.15, 0.2) is 6.61 Å². The second-order valence-corrected chi connectivity index (χ2v) is 4.90. The van der Waals surface area contributed by atoms with Crippen molar-refractivity contribution < 1.29 is 14.3 Å². The van der Waals surface area contributed by atoms with Crippen LogP contribution in [0.3, 0.4) is 0 Å². The van der Waals surface area contributed by atoms with Crippen molar-refractivity contribution in [1.82, 2.24) is 9.88 Å². The van der Waals surface area contributed by atoms with Gasteiger partial charge < -0.3 is 14.6 Å². The van der Waals surface area contributed by atoms with Crippen molar-refractivity contribution in [2.24, 2.45) is 0 Å². The zero-order valence-electron chi connectivity index (χ0n) is 13.4. The Balaban J connectivity index is 2.98. The minimum atomic E-state index is -0.800. The number of aromatic nitrogens is 1. The van der Waals surface area contributed by atoms with Crippen molar-refractivity contribution in [3.8, 4) is 6.07 Å². The Hall–Kier alpha value is -2.55. The highest BCUT2D eigenvalue weighted by Crippen LogP contribution is 2.19. The van der Waals surface area contributed by atoms with Gasteiger partial charge in [0.05, 0.1) is 0 Å². The second-order valence-electron chi connectivity index (χ2n) is 4.90. The minimum absolute atomic E-state index is 0.124. The number of hydrogen-bond acceptors (Lipinski definition) is 4. The molecule has 0 aliphatic rings. The van der Waals surface area contributed by atoms with Crippen molar-refractivity contribution in [1.29, 1.82) is 5.26 Å². The molecule has 118 valence electrons. The Morgan fingerprint density at radius 2 is 2.14 bits per heavy atom. The van der Waals surface area contributed by atoms with Gasteiger partial charge in [-0.25, -0.2) is 4.79 Å². The topological polar surface area (TPSA) is 84.1 Å². The molecule has 0 unspecified atom stereocenters. The third-order valence-electron chi connectivity index (χ3n) is 3.31. The molecule has 1 heterocycles. The molecule has 1 N–H and O–H groups in total. The quantitative estimate of drug-likeness (QED) is 0.492. The van der Waals surface area contributed by atoms with E-state index in [1.807, 2.05) is 26.0 Å². The van der Waals surface area contributed by atoms with E-state index in [4.69, 9.17) is 10.00 Å². The van der Waals surface area contributed by atoms with Gasteiger partial charge in [-0.05, 0) is 38.0 Å². The van der Waals surface area contributed by atoms with Gasteiger partial charge in [-0.15, -0.1) is 0 Å². The van der Waals surface area contributed by atoms with E-state index in [0.717, 1.165) is 29.9 Å². The average molecular weight is 303 g/mol. The van der Waals surface area contributed by atoms with Crippen LogP contribution in [0.25, 0.3) is 6.08 Å². The van der Waals surface area contributed by atoms with Gasteiger partial charge in [0.25, 0.3) is 5.91 Å². The van der Waals surface area contributed by atoms with E-state index in [0.29, 0.717) is 0 Å². The maximum Gasteiger partial charge on any atom is 0.349 e. The summed E-state index contributed by atoms with van der Waals surface area (Å²) < 4.78 is 6.93. The van der Waals surface area contributed by atoms with Crippen LogP contribution in [0.5, 0.6) is 0 Å². The highest BCUT2D eigenvalue weighted by molar-refractivity contribution is 5.99. The summed E-state index contributed by atoms with van der Waals surface area (Å²) in [6, 6.07) is 3.75. The Kier molecular flexibility index (Phi) is 6.39. The van der Waals surface area contributed by atoms with Crippen LogP contribution in [0.2, 0.25) is 0 Å². The first-order chi connectivity index (χ1) is 10.4. The number of nitriles is 1. The van der Waals surface area contributed by atoms with Crippen LogP contribution in [0.1, 0.15) is 30.3 Å². The molecule has 1 amide bonds. The second kappa shape index (κ2) is 8.03. The number of nitrogens with one attached hydrogen (secondary N) is 1. The molecule has 22 heavy (non-hydrogen) atoms. The maximum absolute atomic E-state index is 11.8. The summed E-state index contributed by atoms with van der Waals surface area (Å²) in [6.45, 7) is 6.50. The molecule has 0 aliphatic carbocycles. The molecule has 0 spiro atoms. The number of hydrogen-bond donors (Lipinski definition) is 1. The number of nitrogens with zero attached hydrogens (tertiary/aromatic N) is 2. The van der Waals surface area contributed by atoms with E-state index in [1.54, 1.807) is 0 Å². The summed E-state index contributed by atoms with van der Waals surface area (Å²) >= 11 is 0. The molecule has 6 nitrogen and oxygen atoms in total. The van der Waals surface area contributed by atoms with E-state index in [2.05, 4.69) is 16.8 Å². The Morgan fingerprint density at radius 3 is 2.68 bits per heavy atom. The third-order valence-corrected chi connectivity index (χ3v) is 3.31. The molecular formula is C16H21N3O3. The van der Waals surface area contributed by atoms with Gasteiger partial charge in [-0.3, -0.25) is 4.79 Å². The van der Waals surface area contributed by atoms with E-state index >= 15 is 0 Å². The molecule has 0 bridgehead atoms. The number of aryl methyl sites for hydroxylation is 1. The fourth-order valence-electron chi connectivity index (χ4n) is 2.11. The van der Waals surface area contributed by atoms with E-state index in [9.17, 15) is 9.59 Å². The van der Waals surface area contributed by atoms with Crippen LogP contribution < -0.4 is 5.32 Å². The van der Waals surface area contributed by atoms with Gasteiger partial charge in [-0.1, -0.05) is 6.92 Å². The largest absolute Gasteiger partial charge is 0.451 e. The van der Waals surface area contributed by atoms with Crippen LogP contribution in [-0.2, 0) is 20.9 Å². The van der Waals surface area contributed by atoms with Gasteiger partial charge in [-0.2, -0.15) is 5.26 Å². The first-order valence-electron chi connectivity index (χ1n) is 7.10. The predicted octanol–water partition coefficient (Wildman–Crippen LogP) is 1.71. The number of ether oxygens (including phenoxy) is 1. The first-order valence-corrected chi connectivity index (χ1v) is 7.10. The van der Waals surface area contributed by atoms with Gasteiger partial charge in [0.1, 0.15) is 11.6 Å². The first kappa shape index (κ1) is 17.5. The molecule has 0 saturated carbocycles. The molecule has 0 atom stereocenters. The van der Waals surface area contributed by atoms with Crippen LogP contribution in [0.4, 0.5) is 0 Å². The lowest BCUT2D eigenvalue weighted by Crippen LogP contribution is -2.25. The van der Waals surface area contributed by atoms with Crippen molar-refractivity contribution in [2.45, 2.75) is 33.7 Å². The van der Waals surface area contributed by atoms with Crippen molar-refractivity contribution in [2.75, 3.05) is 13.7 Å². The molecule has 1 rings (SSSR count). The normalized spacial score (nSPS) is 11.0. The van der Waals surface area contributed by atoms with Crippen LogP contribution >= 0.6 is 0 Å². The summed E-state index contributed by atoms with van der Waals surface area (Å²) in [5.41, 5.74) is 2.74. The van der Waals surface area contributed by atoms with Crippen molar-refractivity contribution in [3.05, 3.63) is 28.6 Å². The van der Waals surface area contributed by atoms with Crippen LogP contribution in [0.15, 0.2) is 11.6 Å². The Bertz CT molecular complexity index is 636. The Labute approximate surface area is 130 Å². The summed E-state index contributed by atoms with van der Waals surface area (Å²) in [4.78, 5) is 22.9. The number of carbonyl (C=O) groups is 2. The maximum atomic E-state index is 11.8. The number of esters is 1. The molecule has 6 heteroatoms. The standard InChI is InChI=1S/C16H21N3O3/c1-5-6-19-11(2)7-13(12(19)3)8-14(9-17)16(21)22-10-15(20)18-4/h7-8H,5-6,10H2,1-4H3,(H,18,20)/b14-8+. The van der Waals surface area contributed by atoms with E-state index < -0.39 is 18.5 Å². The highest BCUT2D eigenvalue weighted by atomic mass is 16.5. The lowest BCUT2D eigenvalue weighted by atomic mass is 10.1. The number of amides is 1. The minimum Gasteiger partial charge on any atom is -0.451 e. The molecule has 0 fully saturated rings. The summed E-state index contributed by atoms with van der Waals surface area (Å²) in [5.74, 6) is -1.22. The third kappa shape index (κ3) is 4.22. The summed E-state index contributed by atoms with van der Waals surface area (Å²) in [5, 5.41) is 11.5. The Morgan fingerprint density at radius 1 is 1.45 bits per heavy atom. The van der Waals surface area contributed by atoms with Gasteiger partial charge in [0.2, 0.25) is 0 Å². The zero-order valence-corrected chi connectivity index (χ0v) is 13.4.